The summed E-state index contributed by atoms with van der Waals surface area (Å²) in [6.07, 6.45) is 1.08. The van der Waals surface area contributed by atoms with Gasteiger partial charge in [0, 0.05) is 9.89 Å². The first kappa shape index (κ1) is 10.2. The molecule has 76 valence electrons. The molecule has 1 atom stereocenters. The fourth-order valence-corrected chi connectivity index (χ4v) is 2.75. The van der Waals surface area contributed by atoms with E-state index in [9.17, 15) is 5.11 Å². The highest BCUT2D eigenvalue weighted by molar-refractivity contribution is 9.10. The van der Waals surface area contributed by atoms with Crippen LogP contribution in [0.4, 0.5) is 0 Å². The van der Waals surface area contributed by atoms with Crippen molar-refractivity contribution >= 4 is 15.9 Å². The largest absolute Gasteiger partial charge is 0.395 e. The molecule has 0 aliphatic heterocycles. The van der Waals surface area contributed by atoms with Crippen molar-refractivity contribution in [3.63, 3.8) is 0 Å². The van der Waals surface area contributed by atoms with Crippen LogP contribution < -0.4 is 0 Å². The standard InChI is InChI=1S/C12H15BrO/c1-11(2)7-12(11,8-14)9-4-3-5-10(13)6-9/h3-6,14H,7-8H2,1-2H3. The minimum absolute atomic E-state index is 0.00319. The molecule has 0 aromatic heterocycles. The van der Waals surface area contributed by atoms with Gasteiger partial charge in [-0.1, -0.05) is 41.9 Å². The Morgan fingerprint density at radius 2 is 2.07 bits per heavy atom. The van der Waals surface area contributed by atoms with Crippen molar-refractivity contribution in [3.05, 3.63) is 34.3 Å². The molecular formula is C12H15BrO. The minimum Gasteiger partial charge on any atom is -0.395 e. The fourth-order valence-electron chi connectivity index (χ4n) is 2.35. The molecular weight excluding hydrogens is 240 g/mol. The highest BCUT2D eigenvalue weighted by atomic mass is 79.9. The second kappa shape index (κ2) is 3.07. The zero-order chi connectivity index (χ0) is 10.4. The zero-order valence-corrected chi connectivity index (χ0v) is 10.1. The molecule has 0 bridgehead atoms. The van der Waals surface area contributed by atoms with Crippen molar-refractivity contribution in [3.8, 4) is 0 Å². The number of rotatable bonds is 2. The fraction of sp³-hybridized carbons (Fsp3) is 0.500. The molecule has 0 amide bonds. The lowest BCUT2D eigenvalue weighted by Gasteiger charge is -2.18. The highest BCUT2D eigenvalue weighted by Gasteiger charge is 2.61. The number of benzene rings is 1. The van der Waals surface area contributed by atoms with Crippen LogP contribution in [-0.4, -0.2) is 11.7 Å². The van der Waals surface area contributed by atoms with E-state index in [0.29, 0.717) is 0 Å². The Balaban J connectivity index is 2.40. The van der Waals surface area contributed by atoms with Gasteiger partial charge in [0.05, 0.1) is 6.61 Å². The maximum absolute atomic E-state index is 9.52. The van der Waals surface area contributed by atoms with E-state index in [0.717, 1.165) is 10.9 Å². The molecule has 14 heavy (non-hydrogen) atoms. The number of aliphatic hydroxyl groups excluding tert-OH is 1. The van der Waals surface area contributed by atoms with Crippen molar-refractivity contribution in [2.24, 2.45) is 5.41 Å². The van der Waals surface area contributed by atoms with E-state index >= 15 is 0 Å². The van der Waals surface area contributed by atoms with Crippen LogP contribution in [0.2, 0.25) is 0 Å². The van der Waals surface area contributed by atoms with E-state index in [1.54, 1.807) is 0 Å². The Kier molecular flexibility index (Phi) is 2.24. The summed E-state index contributed by atoms with van der Waals surface area (Å²) in [5, 5.41) is 9.52. The van der Waals surface area contributed by atoms with Crippen molar-refractivity contribution in [1.29, 1.82) is 0 Å². The second-order valence-corrected chi connectivity index (χ2v) is 5.73. The van der Waals surface area contributed by atoms with Crippen LogP contribution in [-0.2, 0) is 5.41 Å². The van der Waals surface area contributed by atoms with Gasteiger partial charge in [-0.05, 0) is 29.5 Å². The van der Waals surface area contributed by atoms with Gasteiger partial charge in [0.2, 0.25) is 0 Å². The molecule has 0 spiro atoms. The molecule has 2 heteroatoms. The number of hydrogen-bond acceptors (Lipinski definition) is 1. The minimum atomic E-state index is -0.00319. The molecule has 1 N–H and O–H groups in total. The van der Waals surface area contributed by atoms with E-state index < -0.39 is 0 Å². The van der Waals surface area contributed by atoms with Crippen LogP contribution in [0.25, 0.3) is 0 Å². The van der Waals surface area contributed by atoms with E-state index in [2.05, 4.69) is 41.9 Å². The molecule has 1 aliphatic rings. The smallest absolute Gasteiger partial charge is 0.0533 e. The molecule has 0 heterocycles. The molecule has 1 saturated carbocycles. The monoisotopic (exact) mass is 254 g/mol. The van der Waals surface area contributed by atoms with E-state index in [4.69, 9.17) is 0 Å². The molecule has 0 saturated heterocycles. The van der Waals surface area contributed by atoms with Gasteiger partial charge in [-0.3, -0.25) is 0 Å². The lowest BCUT2D eigenvalue weighted by Crippen LogP contribution is -2.19. The third-order valence-corrected chi connectivity index (χ3v) is 4.05. The van der Waals surface area contributed by atoms with E-state index in [-0.39, 0.29) is 17.4 Å². The predicted octanol–water partition coefficient (Wildman–Crippen LogP) is 3.11. The lowest BCUT2D eigenvalue weighted by atomic mass is 9.89. The van der Waals surface area contributed by atoms with Crippen LogP contribution in [0.5, 0.6) is 0 Å². The summed E-state index contributed by atoms with van der Waals surface area (Å²) in [6, 6.07) is 8.27. The zero-order valence-electron chi connectivity index (χ0n) is 8.55. The van der Waals surface area contributed by atoms with Crippen molar-refractivity contribution in [2.45, 2.75) is 25.7 Å². The SMILES string of the molecule is CC1(C)CC1(CO)c1cccc(Br)c1. The first-order chi connectivity index (χ1) is 6.52. The van der Waals surface area contributed by atoms with Gasteiger partial charge >= 0.3 is 0 Å². The van der Waals surface area contributed by atoms with Crippen LogP contribution in [0.15, 0.2) is 28.7 Å². The van der Waals surface area contributed by atoms with E-state index in [1.807, 2.05) is 12.1 Å². The highest BCUT2D eigenvalue weighted by Crippen LogP contribution is 2.64. The predicted molar refractivity (Wildman–Crippen MR) is 61.3 cm³/mol. The summed E-state index contributed by atoms with van der Waals surface area (Å²) in [5.74, 6) is 0. The summed E-state index contributed by atoms with van der Waals surface area (Å²) in [5.41, 5.74) is 1.48. The number of halogens is 1. The molecule has 1 aromatic rings. The maximum atomic E-state index is 9.52. The summed E-state index contributed by atoms with van der Waals surface area (Å²) in [7, 11) is 0. The van der Waals surface area contributed by atoms with Crippen LogP contribution in [0.3, 0.4) is 0 Å². The first-order valence-corrected chi connectivity index (χ1v) is 5.68. The van der Waals surface area contributed by atoms with Gasteiger partial charge in [-0.2, -0.15) is 0 Å². The van der Waals surface area contributed by atoms with Gasteiger partial charge in [-0.25, -0.2) is 0 Å². The van der Waals surface area contributed by atoms with Crippen LogP contribution in [0, 0.1) is 5.41 Å². The summed E-state index contributed by atoms with van der Waals surface area (Å²) >= 11 is 3.47. The molecule has 2 rings (SSSR count). The normalized spacial score (nSPS) is 28.9. The topological polar surface area (TPSA) is 20.2 Å². The second-order valence-electron chi connectivity index (χ2n) is 4.81. The van der Waals surface area contributed by atoms with Gasteiger partial charge in [0.1, 0.15) is 0 Å². The van der Waals surface area contributed by atoms with Gasteiger partial charge in [0.15, 0.2) is 0 Å². The molecule has 1 aliphatic carbocycles. The van der Waals surface area contributed by atoms with Gasteiger partial charge in [0.25, 0.3) is 0 Å². The third-order valence-electron chi connectivity index (χ3n) is 3.56. The molecule has 1 fully saturated rings. The lowest BCUT2D eigenvalue weighted by molar-refractivity contribution is 0.231. The third kappa shape index (κ3) is 1.32. The number of hydrogen-bond donors (Lipinski definition) is 1. The van der Waals surface area contributed by atoms with Gasteiger partial charge < -0.3 is 5.11 Å². The first-order valence-electron chi connectivity index (χ1n) is 4.89. The van der Waals surface area contributed by atoms with Crippen LogP contribution in [0.1, 0.15) is 25.8 Å². The van der Waals surface area contributed by atoms with Crippen molar-refractivity contribution in [2.75, 3.05) is 6.61 Å². The molecule has 1 aromatic carbocycles. The average Bonchev–Trinajstić information content (AvgIpc) is 2.70. The summed E-state index contributed by atoms with van der Waals surface area (Å²) in [6.45, 7) is 4.67. The molecule has 1 unspecified atom stereocenters. The Morgan fingerprint density at radius 3 is 2.50 bits per heavy atom. The summed E-state index contributed by atoms with van der Waals surface area (Å²) < 4.78 is 1.09. The molecule has 0 radical (unpaired) electrons. The molecule has 1 nitrogen and oxygen atoms in total. The summed E-state index contributed by atoms with van der Waals surface area (Å²) in [4.78, 5) is 0. The van der Waals surface area contributed by atoms with E-state index in [1.165, 1.54) is 5.56 Å². The van der Waals surface area contributed by atoms with Crippen LogP contribution >= 0.6 is 15.9 Å². The quantitative estimate of drug-likeness (QED) is 0.860. The number of aliphatic hydroxyl groups is 1. The van der Waals surface area contributed by atoms with Crippen molar-refractivity contribution in [1.82, 2.24) is 0 Å². The maximum Gasteiger partial charge on any atom is 0.0533 e. The Morgan fingerprint density at radius 1 is 1.43 bits per heavy atom. The Hall–Kier alpha value is -0.340. The Bertz CT molecular complexity index is 359. The average molecular weight is 255 g/mol. The van der Waals surface area contributed by atoms with Crippen molar-refractivity contribution < 1.29 is 5.11 Å². The van der Waals surface area contributed by atoms with Gasteiger partial charge in [-0.15, -0.1) is 0 Å². The Labute approximate surface area is 93.3 Å².